The van der Waals surface area contributed by atoms with Crippen molar-refractivity contribution in [2.24, 2.45) is 16.9 Å². The number of amides is 2. The molecule has 0 radical (unpaired) electrons. The van der Waals surface area contributed by atoms with Crippen LogP contribution < -0.4 is 0 Å². The van der Waals surface area contributed by atoms with Crippen LogP contribution in [-0.2, 0) is 9.59 Å². The first-order chi connectivity index (χ1) is 16.0. The molecule has 4 aliphatic rings. The van der Waals surface area contributed by atoms with Gasteiger partial charge in [0.2, 0.25) is 0 Å². The molecular formula is C25H17N3O5. The summed E-state index contributed by atoms with van der Waals surface area (Å²) in [5.41, 5.74) is 4.11. The molecule has 0 spiro atoms. The minimum Gasteiger partial charge on any atom is -0.502 e. The number of nitrogens with zero attached hydrogens (tertiary/aromatic N) is 3. The molecule has 3 aliphatic carbocycles. The van der Waals surface area contributed by atoms with Crippen molar-refractivity contribution >= 4 is 23.7 Å². The van der Waals surface area contributed by atoms with Gasteiger partial charge in [-0.05, 0) is 34.4 Å². The molecule has 1 fully saturated rings. The highest BCUT2D eigenvalue weighted by molar-refractivity contribution is 6.08. The third kappa shape index (κ3) is 2.60. The molecule has 0 saturated carbocycles. The number of aromatic hydroxyl groups is 1. The number of phenols is 1. The van der Waals surface area contributed by atoms with E-state index in [2.05, 4.69) is 5.10 Å². The number of nitro benzene ring substituents is 1. The lowest BCUT2D eigenvalue weighted by molar-refractivity contribution is -0.385. The second-order valence-corrected chi connectivity index (χ2v) is 8.50. The standard InChI is InChI=1S/C25H17N3O5/c29-19-10-9-13(11-18(19)28(32)33)12-26-27-24(30)22-20-14-5-1-2-6-15(14)21(23(22)25(27)31)17-8-4-3-7-16(17)20/h1-12,20-23,29H/b26-12-/t20?,21?,22-,23-/m0/s1. The molecule has 8 heteroatoms. The lowest BCUT2D eigenvalue weighted by Gasteiger charge is -2.45. The zero-order chi connectivity index (χ0) is 22.9. The highest BCUT2D eigenvalue weighted by Crippen LogP contribution is 2.60. The summed E-state index contributed by atoms with van der Waals surface area (Å²) in [7, 11) is 0. The summed E-state index contributed by atoms with van der Waals surface area (Å²) in [5.74, 6) is -2.74. The normalized spacial score (nSPS) is 24.7. The van der Waals surface area contributed by atoms with Crippen LogP contribution in [0.3, 0.4) is 0 Å². The first-order valence-corrected chi connectivity index (χ1v) is 10.5. The number of phenolic OH excluding ortho intramolecular Hbond substituents is 1. The molecule has 2 bridgehead atoms. The summed E-state index contributed by atoms with van der Waals surface area (Å²) in [6, 6.07) is 19.7. The molecule has 1 heterocycles. The van der Waals surface area contributed by atoms with Gasteiger partial charge in [-0.25, -0.2) is 0 Å². The first kappa shape index (κ1) is 19.4. The van der Waals surface area contributed by atoms with Gasteiger partial charge < -0.3 is 5.11 Å². The van der Waals surface area contributed by atoms with Crippen molar-refractivity contribution < 1.29 is 19.6 Å². The van der Waals surface area contributed by atoms with Crippen LogP contribution in [0.4, 0.5) is 5.69 Å². The van der Waals surface area contributed by atoms with Crippen LogP contribution in [0.15, 0.2) is 71.8 Å². The predicted molar refractivity (Wildman–Crippen MR) is 118 cm³/mol. The fraction of sp³-hybridized carbons (Fsp3) is 0.160. The number of hydrogen-bond donors (Lipinski definition) is 1. The Morgan fingerprint density at radius 2 is 1.33 bits per heavy atom. The maximum atomic E-state index is 13.5. The molecule has 162 valence electrons. The molecule has 3 aromatic rings. The average Bonchev–Trinajstić information content (AvgIpc) is 3.08. The van der Waals surface area contributed by atoms with Crippen LogP contribution >= 0.6 is 0 Å². The maximum absolute atomic E-state index is 13.5. The molecule has 1 N–H and O–H groups in total. The Morgan fingerprint density at radius 1 is 0.848 bits per heavy atom. The van der Waals surface area contributed by atoms with Crippen molar-refractivity contribution in [2.45, 2.75) is 11.8 Å². The predicted octanol–water partition coefficient (Wildman–Crippen LogP) is 3.53. The van der Waals surface area contributed by atoms with Gasteiger partial charge in [-0.1, -0.05) is 48.5 Å². The van der Waals surface area contributed by atoms with Crippen LogP contribution in [0, 0.1) is 22.0 Å². The molecule has 2 amide bonds. The third-order valence-corrected chi connectivity index (χ3v) is 6.94. The summed E-state index contributed by atoms with van der Waals surface area (Å²) in [6.45, 7) is 0. The van der Waals surface area contributed by atoms with Gasteiger partial charge >= 0.3 is 5.69 Å². The number of rotatable bonds is 3. The van der Waals surface area contributed by atoms with Gasteiger partial charge in [-0.3, -0.25) is 19.7 Å². The summed E-state index contributed by atoms with van der Waals surface area (Å²) in [5, 5.41) is 25.8. The SMILES string of the molecule is O=C1[C@H]2C3c4ccccc4C(c4ccccc43)[C@@H]2C(=O)N1/N=C\c1ccc(O)c([N+](=O)[O-])c1. The Balaban J connectivity index is 1.41. The average molecular weight is 439 g/mol. The Bertz CT molecular complexity index is 1280. The van der Waals surface area contributed by atoms with E-state index in [9.17, 15) is 24.8 Å². The van der Waals surface area contributed by atoms with Crippen LogP contribution in [0.25, 0.3) is 0 Å². The molecule has 8 nitrogen and oxygen atoms in total. The largest absolute Gasteiger partial charge is 0.502 e. The number of imide groups is 1. The van der Waals surface area contributed by atoms with Gasteiger partial charge in [0.15, 0.2) is 5.75 Å². The lowest BCUT2D eigenvalue weighted by Crippen LogP contribution is -2.41. The van der Waals surface area contributed by atoms with E-state index in [1.54, 1.807) is 0 Å². The highest BCUT2D eigenvalue weighted by atomic mass is 16.6. The van der Waals surface area contributed by atoms with Gasteiger partial charge in [-0.15, -0.1) is 0 Å². The Labute approximate surface area is 187 Å². The van der Waals surface area contributed by atoms with E-state index in [-0.39, 0.29) is 23.7 Å². The molecule has 0 aromatic heterocycles. The monoisotopic (exact) mass is 439 g/mol. The number of hydrogen-bond acceptors (Lipinski definition) is 6. The fourth-order valence-corrected chi connectivity index (χ4v) is 5.67. The summed E-state index contributed by atoms with van der Waals surface area (Å²) in [4.78, 5) is 37.3. The van der Waals surface area contributed by atoms with Gasteiger partial charge in [0.25, 0.3) is 11.8 Å². The van der Waals surface area contributed by atoms with E-state index in [4.69, 9.17) is 0 Å². The molecule has 1 saturated heterocycles. The minimum atomic E-state index is -0.709. The summed E-state index contributed by atoms with van der Waals surface area (Å²) < 4.78 is 0. The lowest BCUT2D eigenvalue weighted by atomic mass is 9.55. The summed E-state index contributed by atoms with van der Waals surface area (Å²) in [6.07, 6.45) is 1.24. The molecule has 0 unspecified atom stereocenters. The number of carbonyl (C=O) groups excluding carboxylic acids is 2. The number of nitro groups is 1. The highest BCUT2D eigenvalue weighted by Gasteiger charge is 2.61. The third-order valence-electron chi connectivity index (χ3n) is 6.94. The number of carbonyl (C=O) groups is 2. The second-order valence-electron chi connectivity index (χ2n) is 8.50. The molecule has 3 aromatic carbocycles. The van der Waals surface area contributed by atoms with Gasteiger partial charge in [0.05, 0.1) is 23.0 Å². The maximum Gasteiger partial charge on any atom is 0.311 e. The number of benzene rings is 3. The van der Waals surface area contributed by atoms with Crippen LogP contribution in [-0.4, -0.2) is 33.1 Å². The van der Waals surface area contributed by atoms with Crippen molar-refractivity contribution in [3.63, 3.8) is 0 Å². The van der Waals surface area contributed by atoms with Crippen LogP contribution in [0.5, 0.6) is 5.75 Å². The van der Waals surface area contributed by atoms with Crippen molar-refractivity contribution in [3.05, 3.63) is 105 Å². The zero-order valence-electron chi connectivity index (χ0n) is 17.2. The van der Waals surface area contributed by atoms with E-state index in [0.29, 0.717) is 5.56 Å². The quantitative estimate of drug-likeness (QED) is 0.290. The zero-order valence-corrected chi connectivity index (χ0v) is 17.2. The van der Waals surface area contributed by atoms with Crippen molar-refractivity contribution in [2.75, 3.05) is 0 Å². The number of hydrazone groups is 1. The second kappa shape index (κ2) is 6.83. The Morgan fingerprint density at radius 3 is 1.79 bits per heavy atom. The van der Waals surface area contributed by atoms with E-state index < -0.39 is 28.2 Å². The van der Waals surface area contributed by atoms with Crippen LogP contribution in [0.2, 0.25) is 0 Å². The molecular weight excluding hydrogens is 422 g/mol. The van der Waals surface area contributed by atoms with Crippen LogP contribution in [0.1, 0.15) is 39.7 Å². The van der Waals surface area contributed by atoms with E-state index in [1.807, 2.05) is 48.5 Å². The molecule has 7 rings (SSSR count). The van der Waals surface area contributed by atoms with Gasteiger partial charge in [0.1, 0.15) is 0 Å². The van der Waals surface area contributed by atoms with E-state index >= 15 is 0 Å². The van der Waals surface area contributed by atoms with Gasteiger partial charge in [-0.2, -0.15) is 10.1 Å². The van der Waals surface area contributed by atoms with Crippen molar-refractivity contribution in [1.82, 2.24) is 5.01 Å². The molecule has 33 heavy (non-hydrogen) atoms. The summed E-state index contributed by atoms with van der Waals surface area (Å²) >= 11 is 0. The minimum absolute atomic E-state index is 0.223. The van der Waals surface area contributed by atoms with E-state index in [0.717, 1.165) is 33.3 Å². The van der Waals surface area contributed by atoms with Crippen molar-refractivity contribution in [3.8, 4) is 5.75 Å². The smallest absolute Gasteiger partial charge is 0.311 e. The Hall–Kier alpha value is -4.33. The van der Waals surface area contributed by atoms with E-state index in [1.165, 1.54) is 18.3 Å². The molecule has 1 aliphatic heterocycles. The fourth-order valence-electron chi connectivity index (χ4n) is 5.67. The molecule has 2 atom stereocenters. The Kier molecular flexibility index (Phi) is 4.01. The van der Waals surface area contributed by atoms with Crippen molar-refractivity contribution in [1.29, 1.82) is 0 Å². The first-order valence-electron chi connectivity index (χ1n) is 10.5. The topological polar surface area (TPSA) is 113 Å². The van der Waals surface area contributed by atoms with Gasteiger partial charge in [0, 0.05) is 23.5 Å².